The average Bonchev–Trinajstić information content (AvgIpc) is 2.43. The second-order valence-electron chi connectivity index (χ2n) is 3.14. The Bertz CT molecular complexity index is 297. The first-order valence-corrected chi connectivity index (χ1v) is 4.57. The Kier molecular flexibility index (Phi) is 3.91. The lowest BCUT2D eigenvalue weighted by Crippen LogP contribution is -1.96. The molecule has 2 aliphatic rings. The zero-order chi connectivity index (χ0) is 11.3. The van der Waals surface area contributed by atoms with E-state index in [0.717, 1.165) is 6.61 Å². The molecule has 1 aliphatic heterocycles. The van der Waals surface area contributed by atoms with Crippen LogP contribution in [-0.4, -0.2) is 28.8 Å². The number of rotatable bonds is 2. The predicted molar refractivity (Wildman–Crippen MR) is 51.2 cm³/mol. The first kappa shape index (κ1) is 11.3. The quantitative estimate of drug-likeness (QED) is 0.671. The highest BCUT2D eigenvalue weighted by Gasteiger charge is 2.22. The smallest absolute Gasteiger partial charge is 0.328 e. The van der Waals surface area contributed by atoms with Gasteiger partial charge in [0, 0.05) is 25.0 Å². The van der Waals surface area contributed by atoms with Crippen LogP contribution in [-0.2, 0) is 14.3 Å². The molecular formula is C10H12O5. The largest absolute Gasteiger partial charge is 0.498 e. The van der Waals surface area contributed by atoms with Gasteiger partial charge < -0.3 is 14.9 Å². The second-order valence-corrected chi connectivity index (χ2v) is 3.14. The highest BCUT2D eigenvalue weighted by Crippen LogP contribution is 2.35. The van der Waals surface area contributed by atoms with Crippen molar-refractivity contribution in [3.63, 3.8) is 0 Å². The number of carboxylic acids is 2. The molecule has 0 amide bonds. The van der Waals surface area contributed by atoms with E-state index in [9.17, 15) is 9.59 Å². The van der Waals surface area contributed by atoms with Gasteiger partial charge >= 0.3 is 11.9 Å². The van der Waals surface area contributed by atoms with E-state index in [1.807, 2.05) is 0 Å². The van der Waals surface area contributed by atoms with Gasteiger partial charge in [0.05, 0.1) is 12.4 Å². The number of carbonyl (C=O) groups is 2. The summed E-state index contributed by atoms with van der Waals surface area (Å²) in [7, 11) is 0. The molecule has 0 saturated heterocycles. The van der Waals surface area contributed by atoms with E-state index >= 15 is 0 Å². The van der Waals surface area contributed by atoms with Gasteiger partial charge in [-0.25, -0.2) is 9.59 Å². The lowest BCUT2D eigenvalue weighted by Gasteiger charge is -2.12. The molecule has 5 nitrogen and oxygen atoms in total. The fourth-order valence-electron chi connectivity index (χ4n) is 1.28. The van der Waals surface area contributed by atoms with E-state index in [4.69, 9.17) is 14.9 Å². The molecule has 0 aromatic carbocycles. The number of hydrogen-bond acceptors (Lipinski definition) is 3. The minimum Gasteiger partial charge on any atom is -0.498 e. The molecule has 1 heterocycles. The van der Waals surface area contributed by atoms with Crippen LogP contribution in [0.4, 0.5) is 0 Å². The maximum Gasteiger partial charge on any atom is 0.328 e. The molecule has 0 atom stereocenters. The third kappa shape index (κ3) is 3.84. The van der Waals surface area contributed by atoms with Gasteiger partial charge in [-0.1, -0.05) is 0 Å². The molecule has 2 rings (SSSR count). The summed E-state index contributed by atoms with van der Waals surface area (Å²) in [6.07, 6.45) is 4.87. The topological polar surface area (TPSA) is 83.8 Å². The van der Waals surface area contributed by atoms with Crippen molar-refractivity contribution in [2.45, 2.75) is 19.3 Å². The normalized spacial score (nSPS) is 17.3. The highest BCUT2D eigenvalue weighted by molar-refractivity contribution is 5.89. The van der Waals surface area contributed by atoms with E-state index < -0.39 is 11.9 Å². The molecule has 0 radical (unpaired) electrons. The molecule has 0 saturated carbocycles. The fourth-order valence-corrected chi connectivity index (χ4v) is 1.28. The SMILES string of the molecule is C1CC2=C(CC2)O1.O=C(O)/C=C/C(=O)O. The summed E-state index contributed by atoms with van der Waals surface area (Å²) in [5.74, 6) is -1.21. The van der Waals surface area contributed by atoms with E-state index in [2.05, 4.69) is 0 Å². The Morgan fingerprint density at radius 2 is 1.67 bits per heavy atom. The highest BCUT2D eigenvalue weighted by atomic mass is 16.5. The molecule has 0 bridgehead atoms. The summed E-state index contributed by atoms with van der Waals surface area (Å²) in [4.78, 5) is 19.1. The van der Waals surface area contributed by atoms with E-state index in [1.54, 1.807) is 5.57 Å². The van der Waals surface area contributed by atoms with Crippen LogP contribution in [0.2, 0.25) is 0 Å². The Balaban J connectivity index is 0.000000150. The van der Waals surface area contributed by atoms with Crippen LogP contribution in [0.3, 0.4) is 0 Å². The molecule has 82 valence electrons. The zero-order valence-corrected chi connectivity index (χ0v) is 8.10. The third-order valence-electron chi connectivity index (χ3n) is 2.10. The van der Waals surface area contributed by atoms with Crippen molar-refractivity contribution in [2.24, 2.45) is 0 Å². The van der Waals surface area contributed by atoms with Crippen LogP contribution in [0.25, 0.3) is 0 Å². The predicted octanol–water partition coefficient (Wildman–Crippen LogP) is 1.17. The van der Waals surface area contributed by atoms with Gasteiger partial charge in [0.15, 0.2) is 0 Å². The molecule has 2 N–H and O–H groups in total. The molecule has 1 aliphatic carbocycles. The molecule has 0 fully saturated rings. The summed E-state index contributed by atoms with van der Waals surface area (Å²) < 4.78 is 5.23. The van der Waals surface area contributed by atoms with Crippen molar-refractivity contribution in [3.05, 3.63) is 23.5 Å². The molecule has 15 heavy (non-hydrogen) atoms. The van der Waals surface area contributed by atoms with E-state index in [-0.39, 0.29) is 0 Å². The van der Waals surface area contributed by atoms with Crippen LogP contribution in [0.15, 0.2) is 23.5 Å². The van der Waals surface area contributed by atoms with Crippen LogP contribution >= 0.6 is 0 Å². The maximum atomic E-state index is 9.55. The zero-order valence-electron chi connectivity index (χ0n) is 8.10. The van der Waals surface area contributed by atoms with E-state index in [1.165, 1.54) is 25.0 Å². The third-order valence-corrected chi connectivity index (χ3v) is 2.10. The van der Waals surface area contributed by atoms with Crippen molar-refractivity contribution < 1.29 is 24.5 Å². The number of ether oxygens (including phenoxy) is 1. The first-order chi connectivity index (χ1) is 7.09. The minimum absolute atomic E-state index is 0.558. The lowest BCUT2D eigenvalue weighted by atomic mass is 9.96. The molecule has 0 aromatic rings. The Morgan fingerprint density at radius 3 is 1.87 bits per heavy atom. The van der Waals surface area contributed by atoms with Gasteiger partial charge in [0.1, 0.15) is 0 Å². The maximum absolute atomic E-state index is 9.55. The molecule has 0 unspecified atom stereocenters. The van der Waals surface area contributed by atoms with Gasteiger partial charge in [0.2, 0.25) is 0 Å². The lowest BCUT2D eigenvalue weighted by molar-refractivity contribution is -0.134. The van der Waals surface area contributed by atoms with Crippen molar-refractivity contribution in [1.29, 1.82) is 0 Å². The summed E-state index contributed by atoms with van der Waals surface area (Å²) in [5, 5.41) is 15.6. The number of carboxylic acid groups (broad SMARTS) is 2. The Hall–Kier alpha value is -1.78. The van der Waals surface area contributed by atoms with E-state index in [0.29, 0.717) is 12.2 Å². The molecular weight excluding hydrogens is 200 g/mol. The number of aliphatic carboxylic acids is 2. The molecule has 5 heteroatoms. The van der Waals surface area contributed by atoms with Crippen LogP contribution in [0.1, 0.15) is 19.3 Å². The van der Waals surface area contributed by atoms with Gasteiger partial charge in [-0.3, -0.25) is 0 Å². The van der Waals surface area contributed by atoms with Crippen LogP contribution < -0.4 is 0 Å². The van der Waals surface area contributed by atoms with Gasteiger partial charge in [-0.15, -0.1) is 0 Å². The first-order valence-electron chi connectivity index (χ1n) is 4.57. The van der Waals surface area contributed by atoms with Crippen molar-refractivity contribution in [1.82, 2.24) is 0 Å². The molecule has 0 aromatic heterocycles. The van der Waals surface area contributed by atoms with Crippen molar-refractivity contribution in [3.8, 4) is 0 Å². The van der Waals surface area contributed by atoms with Gasteiger partial charge in [0.25, 0.3) is 0 Å². The Morgan fingerprint density at radius 1 is 1.07 bits per heavy atom. The number of hydrogen-bond donors (Lipinski definition) is 2. The Labute approximate surface area is 86.7 Å². The monoisotopic (exact) mass is 212 g/mol. The summed E-state index contributed by atoms with van der Waals surface area (Å²) in [5.41, 5.74) is 1.58. The van der Waals surface area contributed by atoms with Crippen LogP contribution in [0.5, 0.6) is 0 Å². The molecule has 0 spiro atoms. The minimum atomic E-state index is -1.26. The van der Waals surface area contributed by atoms with Gasteiger partial charge in [-0.05, 0) is 12.0 Å². The summed E-state index contributed by atoms with van der Waals surface area (Å²) in [6.45, 7) is 0.963. The fraction of sp³-hybridized carbons (Fsp3) is 0.400. The van der Waals surface area contributed by atoms with Gasteiger partial charge in [-0.2, -0.15) is 0 Å². The number of allylic oxidation sites excluding steroid dienone is 1. The van der Waals surface area contributed by atoms with Crippen molar-refractivity contribution in [2.75, 3.05) is 6.61 Å². The summed E-state index contributed by atoms with van der Waals surface area (Å²) >= 11 is 0. The standard InChI is InChI=1S/C6H8O.C4H4O4/c1-2-6-5(1)3-4-7-6;5-3(6)1-2-4(7)8/h1-4H2;1-2H,(H,5,6)(H,7,8)/b;2-1+. The average molecular weight is 212 g/mol. The second kappa shape index (κ2) is 5.19. The summed E-state index contributed by atoms with van der Waals surface area (Å²) in [6, 6.07) is 0. The van der Waals surface area contributed by atoms with Crippen molar-refractivity contribution >= 4 is 11.9 Å². The van der Waals surface area contributed by atoms with Crippen LogP contribution in [0, 0.1) is 0 Å².